The van der Waals surface area contributed by atoms with Gasteiger partial charge in [-0.05, 0) is 82.3 Å². The lowest BCUT2D eigenvalue weighted by Gasteiger charge is -2.12. The highest BCUT2D eigenvalue weighted by Gasteiger charge is 2.09. The molecule has 0 aliphatic heterocycles. The van der Waals surface area contributed by atoms with Crippen LogP contribution in [0.3, 0.4) is 0 Å². The van der Waals surface area contributed by atoms with Gasteiger partial charge in [0.15, 0.2) is 0 Å². The van der Waals surface area contributed by atoms with Gasteiger partial charge in [0, 0.05) is 36.5 Å². The summed E-state index contributed by atoms with van der Waals surface area (Å²) in [4.78, 5) is 2.15. The monoisotopic (exact) mass is 943 g/mol. The van der Waals surface area contributed by atoms with E-state index in [2.05, 4.69) is 145 Å². The largest absolute Gasteiger partial charge is 0.422 e. The zero-order valence-corrected chi connectivity index (χ0v) is 44.8. The predicted octanol–water partition coefficient (Wildman–Crippen LogP) is 12.7. The average molecular weight is 946 g/mol. The van der Waals surface area contributed by atoms with Crippen LogP contribution in [-0.2, 0) is 12.6 Å². The molecule has 0 spiro atoms. The molecule has 0 saturated heterocycles. The van der Waals surface area contributed by atoms with Crippen molar-refractivity contribution in [2.24, 2.45) is 0 Å². The highest BCUT2D eigenvalue weighted by molar-refractivity contribution is 9.09. The van der Waals surface area contributed by atoms with Crippen molar-refractivity contribution in [2.75, 3.05) is 36.9 Å². The highest BCUT2D eigenvalue weighted by Crippen LogP contribution is 2.33. The third-order valence-electron chi connectivity index (χ3n) is 7.53. The Bertz CT molecular complexity index is 1030. The number of halogens is 1. The molecule has 0 heterocycles. The maximum Gasteiger partial charge on any atom is 0.104 e. The molecule has 51 heavy (non-hydrogen) atoms. The van der Waals surface area contributed by atoms with Gasteiger partial charge in [0.05, 0.1) is 19.6 Å². The lowest BCUT2D eigenvalue weighted by atomic mass is 10.2. The van der Waals surface area contributed by atoms with Gasteiger partial charge in [0.25, 0.3) is 0 Å². The molecular weight excluding hydrogens is 871 g/mol. The van der Waals surface area contributed by atoms with E-state index in [1.165, 1.54) is 73.9 Å². The van der Waals surface area contributed by atoms with Crippen LogP contribution in [0, 0.1) is 0 Å². The van der Waals surface area contributed by atoms with Crippen molar-refractivity contribution in [2.45, 2.75) is 121 Å². The second-order valence-electron chi connectivity index (χ2n) is 13.5. The molecule has 2 aromatic carbocycles. The Morgan fingerprint density at radius 2 is 1.10 bits per heavy atom. The van der Waals surface area contributed by atoms with Gasteiger partial charge in [0.1, 0.15) is 3.53 Å². The van der Waals surface area contributed by atoms with Crippen molar-refractivity contribution in [3.63, 3.8) is 0 Å². The van der Waals surface area contributed by atoms with Gasteiger partial charge in [-0.3, -0.25) is 0 Å². The Kier molecular flexibility index (Phi) is 45.5. The average Bonchev–Trinajstić information content (AvgIpc) is 3.10. The number of quaternary nitrogens is 1. The second-order valence-corrected chi connectivity index (χ2v) is 31.8. The van der Waals surface area contributed by atoms with Gasteiger partial charge >= 0.3 is 0 Å². The standard InChI is InChI=1S/C14H22S3Si.C8H9Br.C6H15N.C6H14S3Si.C5H14SSi/c1-12(13-8-5-4-6-9-13)17-14(15)16-10-7-11-18(2)3;1-7(9)8-5-3-2-4-6-8;1-4-7(5-2)6-3;1-10(2)5-3-4-9-6(7)8;1-7(2)5-3-4-6/h4-6,8-9,12,18H,7,10-11H2,1-3H3;2-7H,1H3;4-6H2,1-3H3;10H,3-5H2,1-2H3,(H,7,8);6-7H,3-5H2,1-2H3. The predicted molar refractivity (Wildman–Crippen MR) is 275 cm³/mol. The molecule has 296 valence electrons. The Morgan fingerprint density at radius 1 is 0.706 bits per heavy atom. The van der Waals surface area contributed by atoms with Crippen molar-refractivity contribution in [1.29, 1.82) is 0 Å². The second kappa shape index (κ2) is 41.0. The van der Waals surface area contributed by atoms with E-state index < -0.39 is 0 Å². The van der Waals surface area contributed by atoms with Gasteiger partial charge in [-0.15, -0.1) is 23.5 Å². The van der Waals surface area contributed by atoms with Crippen molar-refractivity contribution in [3.8, 4) is 0 Å². The van der Waals surface area contributed by atoms with Crippen LogP contribution in [0.2, 0.25) is 57.4 Å². The van der Waals surface area contributed by atoms with E-state index in [1.54, 1.807) is 16.7 Å². The maximum absolute atomic E-state index is 5.45. The van der Waals surface area contributed by atoms with E-state index in [-0.39, 0.29) is 26.4 Å². The van der Waals surface area contributed by atoms with E-state index in [0.29, 0.717) is 13.6 Å². The summed E-state index contributed by atoms with van der Waals surface area (Å²) in [6.45, 7) is 29.2. The molecular formula is C39H74BrNS7Si3. The molecule has 0 aliphatic carbocycles. The van der Waals surface area contributed by atoms with E-state index in [1.807, 2.05) is 41.7 Å². The fraction of sp³-hybridized carbons (Fsp3) is 0.641. The first-order valence-corrected chi connectivity index (χ1v) is 34.0. The molecule has 0 saturated carbocycles. The van der Waals surface area contributed by atoms with E-state index >= 15 is 0 Å². The molecule has 0 aliphatic rings. The number of thiocarbonyl (C=S) groups is 2. The van der Waals surface area contributed by atoms with E-state index in [0.717, 1.165) is 15.0 Å². The summed E-state index contributed by atoms with van der Waals surface area (Å²) >= 11 is 27.9. The zero-order valence-electron chi connectivity index (χ0n) is 33.9. The molecule has 0 bridgehead atoms. The molecule has 2 aromatic rings. The van der Waals surface area contributed by atoms with Gasteiger partial charge in [0.2, 0.25) is 0 Å². The van der Waals surface area contributed by atoms with Crippen LogP contribution in [-0.4, -0.2) is 70.3 Å². The minimum atomic E-state index is -0.375. The Balaban J connectivity index is -0.000000601. The normalized spacial score (nSPS) is 11.6. The molecule has 0 amide bonds. The molecule has 2 atom stereocenters. The first-order chi connectivity index (χ1) is 24.1. The van der Waals surface area contributed by atoms with Crippen LogP contribution in [0.1, 0.15) is 75.1 Å². The number of thiol groups is 1. The summed E-state index contributed by atoms with van der Waals surface area (Å²) in [5.41, 5.74) is 2.69. The van der Waals surface area contributed by atoms with Crippen LogP contribution in [0.4, 0.5) is 0 Å². The number of rotatable bonds is 17. The molecule has 2 rings (SSSR count). The van der Waals surface area contributed by atoms with Crippen LogP contribution in [0.25, 0.3) is 0 Å². The molecule has 0 fully saturated rings. The maximum atomic E-state index is 5.45. The van der Waals surface area contributed by atoms with Gasteiger partial charge < -0.3 is 29.7 Å². The van der Waals surface area contributed by atoms with Crippen LogP contribution < -0.4 is 4.90 Å². The topological polar surface area (TPSA) is 4.44 Å². The fourth-order valence-corrected chi connectivity index (χ4v) is 12.4. The van der Waals surface area contributed by atoms with Crippen LogP contribution >= 0.6 is 88.3 Å². The Morgan fingerprint density at radius 3 is 1.39 bits per heavy atom. The first-order valence-electron chi connectivity index (χ1n) is 19.0. The van der Waals surface area contributed by atoms with E-state index in [9.17, 15) is 0 Å². The third kappa shape index (κ3) is 43.9. The summed E-state index contributed by atoms with van der Waals surface area (Å²) in [5.74, 6) is 3.40. The minimum absolute atomic E-state index is 0.237. The lowest BCUT2D eigenvalue weighted by molar-refractivity contribution is -0.894. The van der Waals surface area contributed by atoms with Crippen LogP contribution in [0.5, 0.6) is 0 Å². The molecule has 12 heteroatoms. The summed E-state index contributed by atoms with van der Waals surface area (Å²) in [6.07, 6.45) is 3.95. The third-order valence-corrected chi connectivity index (χ3v) is 17.3. The Hall–Kier alpha value is 1.33. The minimum Gasteiger partial charge on any atom is -0.422 e. The molecule has 1 N–H and O–H groups in total. The van der Waals surface area contributed by atoms with Crippen molar-refractivity contribution < 1.29 is 4.90 Å². The lowest BCUT2D eigenvalue weighted by Crippen LogP contribution is -3.11. The number of hydrogen-bond donors (Lipinski definition) is 2. The molecule has 2 unspecified atom stereocenters. The smallest absolute Gasteiger partial charge is 0.104 e. The number of nitrogens with one attached hydrogen (secondary N) is 1. The summed E-state index contributed by atoms with van der Waals surface area (Å²) in [6, 6.07) is 25.3. The van der Waals surface area contributed by atoms with Crippen molar-refractivity contribution in [1.82, 2.24) is 0 Å². The van der Waals surface area contributed by atoms with Crippen molar-refractivity contribution in [3.05, 3.63) is 71.8 Å². The summed E-state index contributed by atoms with van der Waals surface area (Å²) < 4.78 is 1.77. The van der Waals surface area contributed by atoms with Crippen LogP contribution in [0.15, 0.2) is 60.7 Å². The molecule has 1 nitrogen and oxygen atoms in total. The quantitative estimate of drug-likeness (QED) is 0.0404. The molecule has 0 radical (unpaired) electrons. The van der Waals surface area contributed by atoms with Gasteiger partial charge in [-0.2, -0.15) is 12.6 Å². The number of thioether (sulfide) groups is 3. The summed E-state index contributed by atoms with van der Waals surface area (Å²) in [7, 11) is -0.936. The fourth-order valence-electron chi connectivity index (χ4n) is 4.23. The number of alkyl halides is 1. The highest BCUT2D eigenvalue weighted by atomic mass is 79.9. The zero-order chi connectivity index (χ0) is 39.5. The van der Waals surface area contributed by atoms with E-state index in [4.69, 9.17) is 37.1 Å². The Labute approximate surface area is 365 Å². The number of benzene rings is 2. The summed E-state index contributed by atoms with van der Waals surface area (Å²) in [5, 5.41) is 0.464. The van der Waals surface area contributed by atoms with Gasteiger partial charge in [-0.1, -0.05) is 162 Å². The van der Waals surface area contributed by atoms with Crippen molar-refractivity contribution >= 4 is 134 Å². The SMILES string of the molecule is CC(Br)c1ccccc1.CC(SC(=S)SCCC[SiH](C)C)c1ccccc1.CC[NH+](CC)CC.C[SiH](C)CCCS.C[SiH](C)CCCSC(=S)[S-]. The van der Waals surface area contributed by atoms with Gasteiger partial charge in [-0.25, -0.2) is 0 Å². The molecule has 0 aromatic heterocycles. The number of hydrogen-bond acceptors (Lipinski definition) is 7. The first kappa shape index (κ1) is 56.7.